The summed E-state index contributed by atoms with van der Waals surface area (Å²) < 4.78 is 5.07. The van der Waals surface area contributed by atoms with E-state index >= 15 is 0 Å². The van der Waals surface area contributed by atoms with Crippen molar-refractivity contribution in [2.24, 2.45) is 0 Å². The number of amides is 1. The van der Waals surface area contributed by atoms with E-state index in [4.69, 9.17) is 9.72 Å². The van der Waals surface area contributed by atoms with Gasteiger partial charge in [0.15, 0.2) is 0 Å². The molecule has 0 aliphatic heterocycles. The molecule has 0 aliphatic carbocycles. The molecule has 0 saturated heterocycles. The molecule has 2 aromatic heterocycles. The van der Waals surface area contributed by atoms with Crippen LogP contribution in [0.15, 0.2) is 90.3 Å². The van der Waals surface area contributed by atoms with E-state index < -0.39 is 5.97 Å². The third kappa shape index (κ3) is 5.01. The van der Waals surface area contributed by atoms with Gasteiger partial charge in [-0.25, -0.2) is 9.78 Å². The highest BCUT2D eigenvalue weighted by molar-refractivity contribution is 7.15. The number of methoxy groups -OCH3 is 1. The van der Waals surface area contributed by atoms with Gasteiger partial charge in [-0.05, 0) is 29.7 Å². The largest absolute Gasteiger partial charge is 0.465 e. The van der Waals surface area contributed by atoms with Crippen molar-refractivity contribution in [2.45, 2.75) is 19.8 Å². The second-order valence-electron chi connectivity index (χ2n) is 8.68. The number of nitrogens with one attached hydrogen (secondary N) is 1. The van der Waals surface area contributed by atoms with Gasteiger partial charge in [-0.2, -0.15) is 0 Å². The topological polar surface area (TPSA) is 68.3 Å². The van der Waals surface area contributed by atoms with E-state index in [9.17, 15) is 9.59 Å². The molecule has 0 saturated carbocycles. The average molecular weight is 507 g/mol. The van der Waals surface area contributed by atoms with Crippen LogP contribution < -0.4 is 5.32 Å². The number of pyridine rings is 1. The zero-order valence-electron chi connectivity index (χ0n) is 20.7. The number of ether oxygens (including phenoxy) is 1. The Kier molecular flexibility index (Phi) is 7.10. The number of rotatable bonds is 7. The van der Waals surface area contributed by atoms with E-state index in [1.165, 1.54) is 24.0 Å². The Bertz CT molecular complexity index is 1570. The van der Waals surface area contributed by atoms with Gasteiger partial charge in [-0.15, -0.1) is 11.3 Å². The molecule has 1 N–H and O–H groups in total. The molecule has 6 heteroatoms. The van der Waals surface area contributed by atoms with Gasteiger partial charge in [0.1, 0.15) is 10.6 Å². The Balaban J connectivity index is 1.55. The quantitative estimate of drug-likeness (QED) is 0.231. The first-order valence-electron chi connectivity index (χ1n) is 12.1. The summed E-state index contributed by atoms with van der Waals surface area (Å²) in [5.41, 5.74) is 6.09. The minimum Gasteiger partial charge on any atom is -0.465 e. The number of thiophene rings is 1. The lowest BCUT2D eigenvalue weighted by molar-refractivity contribution is 0.0603. The number of fused-ring (bicyclic) bond motifs is 1. The third-order valence-corrected chi connectivity index (χ3v) is 7.14. The van der Waals surface area contributed by atoms with Crippen LogP contribution in [0.3, 0.4) is 0 Å². The molecule has 5 aromatic rings. The predicted octanol–water partition coefficient (Wildman–Crippen LogP) is 7.62. The van der Waals surface area contributed by atoms with Crippen molar-refractivity contribution in [3.05, 3.63) is 107 Å². The normalized spacial score (nSPS) is 10.9. The number of carbonyl (C=O) groups is 2. The lowest BCUT2D eigenvalue weighted by Gasteiger charge is -2.12. The molecule has 184 valence electrons. The monoisotopic (exact) mass is 506 g/mol. The van der Waals surface area contributed by atoms with Gasteiger partial charge in [0.05, 0.1) is 23.9 Å². The first-order chi connectivity index (χ1) is 18.1. The molecule has 1 amide bonds. The fraction of sp³-hybridized carbons (Fsp3) is 0.129. The second kappa shape index (κ2) is 10.8. The van der Waals surface area contributed by atoms with Crippen molar-refractivity contribution >= 4 is 39.1 Å². The van der Waals surface area contributed by atoms with E-state index in [0.717, 1.165) is 46.1 Å². The van der Waals surface area contributed by atoms with Gasteiger partial charge in [0, 0.05) is 21.9 Å². The van der Waals surface area contributed by atoms with Crippen molar-refractivity contribution in [1.82, 2.24) is 4.98 Å². The molecule has 5 nitrogen and oxygen atoms in total. The molecule has 0 atom stereocenters. The standard InChI is InChI=1S/C31H26N2O3S/c1-3-9-20-14-16-22(17-15-20)27-18-24(23-12-7-8-13-26(23)32-27)29(34)33-30-28(31(35)36-2)25(19-37-30)21-10-5-4-6-11-21/h4-8,10-19H,3,9H2,1-2H3,(H,33,34). The van der Waals surface area contributed by atoms with Crippen LogP contribution in [0.1, 0.15) is 39.6 Å². The van der Waals surface area contributed by atoms with Crippen LogP contribution in [0.5, 0.6) is 0 Å². The second-order valence-corrected chi connectivity index (χ2v) is 9.56. The summed E-state index contributed by atoms with van der Waals surface area (Å²) in [7, 11) is 1.34. The Hall–Kier alpha value is -4.29. The fourth-order valence-electron chi connectivity index (χ4n) is 4.40. The maximum Gasteiger partial charge on any atom is 0.341 e. The first kappa shape index (κ1) is 24.4. The van der Waals surface area contributed by atoms with E-state index in [0.29, 0.717) is 16.1 Å². The molecule has 37 heavy (non-hydrogen) atoms. The molecule has 0 aliphatic rings. The molecule has 5 rings (SSSR count). The summed E-state index contributed by atoms with van der Waals surface area (Å²) >= 11 is 1.30. The minimum absolute atomic E-state index is 0.311. The third-order valence-electron chi connectivity index (χ3n) is 6.24. The van der Waals surface area contributed by atoms with Crippen LogP contribution in [0, 0.1) is 0 Å². The number of benzene rings is 3. The number of esters is 1. The maximum absolute atomic E-state index is 13.7. The van der Waals surface area contributed by atoms with Crippen molar-refractivity contribution in [3.63, 3.8) is 0 Å². The number of hydrogen-bond acceptors (Lipinski definition) is 5. The van der Waals surface area contributed by atoms with Gasteiger partial charge in [0.2, 0.25) is 0 Å². The zero-order chi connectivity index (χ0) is 25.8. The highest BCUT2D eigenvalue weighted by atomic mass is 32.1. The number of hydrogen-bond donors (Lipinski definition) is 1. The highest BCUT2D eigenvalue weighted by Crippen LogP contribution is 2.37. The first-order valence-corrected chi connectivity index (χ1v) is 13.0. The van der Waals surface area contributed by atoms with Crippen molar-refractivity contribution < 1.29 is 14.3 Å². The van der Waals surface area contributed by atoms with Crippen molar-refractivity contribution in [3.8, 4) is 22.4 Å². The fourth-order valence-corrected chi connectivity index (χ4v) is 5.35. The minimum atomic E-state index is -0.497. The maximum atomic E-state index is 13.7. The molecular weight excluding hydrogens is 480 g/mol. The molecule has 0 bridgehead atoms. The smallest absolute Gasteiger partial charge is 0.341 e. The highest BCUT2D eigenvalue weighted by Gasteiger charge is 2.23. The summed E-state index contributed by atoms with van der Waals surface area (Å²) in [5.74, 6) is -0.808. The average Bonchev–Trinajstić information content (AvgIpc) is 3.36. The van der Waals surface area contributed by atoms with Crippen molar-refractivity contribution in [1.29, 1.82) is 0 Å². The Morgan fingerprint density at radius 3 is 2.38 bits per heavy atom. The number of nitrogens with zero attached hydrogens (tertiary/aromatic N) is 1. The van der Waals surface area contributed by atoms with Crippen LogP contribution in [-0.4, -0.2) is 24.0 Å². The molecule has 0 unspecified atom stereocenters. The Morgan fingerprint density at radius 1 is 0.919 bits per heavy atom. The number of carbonyl (C=O) groups excluding carboxylic acids is 2. The summed E-state index contributed by atoms with van der Waals surface area (Å²) in [6, 6.07) is 27.3. The van der Waals surface area contributed by atoms with Crippen molar-refractivity contribution in [2.75, 3.05) is 12.4 Å². The van der Waals surface area contributed by atoms with Crippen LogP contribution >= 0.6 is 11.3 Å². The van der Waals surface area contributed by atoms with Crippen LogP contribution in [0.2, 0.25) is 0 Å². The van der Waals surface area contributed by atoms with E-state index in [1.807, 2.05) is 78.2 Å². The van der Waals surface area contributed by atoms with Gasteiger partial charge < -0.3 is 10.1 Å². The van der Waals surface area contributed by atoms with E-state index in [1.54, 1.807) is 0 Å². The SMILES string of the molecule is CCCc1ccc(-c2cc(C(=O)Nc3scc(-c4ccccc4)c3C(=O)OC)c3ccccc3n2)cc1. The predicted molar refractivity (Wildman–Crippen MR) is 150 cm³/mol. The van der Waals surface area contributed by atoms with Gasteiger partial charge >= 0.3 is 5.97 Å². The molecule has 0 spiro atoms. The summed E-state index contributed by atoms with van der Waals surface area (Å²) in [4.78, 5) is 31.3. The molecule has 3 aromatic carbocycles. The van der Waals surface area contributed by atoms with E-state index in [2.05, 4.69) is 24.4 Å². The van der Waals surface area contributed by atoms with Gasteiger partial charge in [0.25, 0.3) is 5.91 Å². The zero-order valence-corrected chi connectivity index (χ0v) is 21.5. The van der Waals surface area contributed by atoms with Crippen LogP contribution in [0.25, 0.3) is 33.3 Å². The van der Waals surface area contributed by atoms with Crippen LogP contribution in [-0.2, 0) is 11.2 Å². The summed E-state index contributed by atoms with van der Waals surface area (Å²) in [5, 5.41) is 6.03. The number of aromatic nitrogens is 1. The molecule has 2 heterocycles. The lowest BCUT2D eigenvalue weighted by Crippen LogP contribution is -2.15. The molecule has 0 radical (unpaired) electrons. The number of para-hydroxylation sites is 1. The van der Waals surface area contributed by atoms with E-state index in [-0.39, 0.29) is 5.91 Å². The van der Waals surface area contributed by atoms with Crippen LogP contribution in [0.4, 0.5) is 5.00 Å². The Labute approximate surface area is 219 Å². The Morgan fingerprint density at radius 2 is 1.65 bits per heavy atom. The summed E-state index contributed by atoms with van der Waals surface area (Å²) in [6.07, 6.45) is 2.10. The molecule has 0 fully saturated rings. The van der Waals surface area contributed by atoms with Gasteiger partial charge in [-0.1, -0.05) is 86.1 Å². The van der Waals surface area contributed by atoms with Gasteiger partial charge in [-0.3, -0.25) is 4.79 Å². The number of anilines is 1. The molecular formula is C31H26N2O3S. The number of aryl methyl sites for hydroxylation is 1. The summed E-state index contributed by atoms with van der Waals surface area (Å²) in [6.45, 7) is 2.16. The lowest BCUT2D eigenvalue weighted by atomic mass is 10.0.